The van der Waals surface area contributed by atoms with Crippen molar-refractivity contribution in [3.05, 3.63) is 11.4 Å². The SMILES string of the molecule is CNc1nc(C)nc(N2CCSC(C)C2)c1C. The Balaban J connectivity index is 2.33. The molecular weight excluding hydrogens is 232 g/mol. The number of aryl methyl sites for hydroxylation is 1. The number of hydrogen-bond acceptors (Lipinski definition) is 5. The number of thioether (sulfide) groups is 1. The van der Waals surface area contributed by atoms with E-state index in [4.69, 9.17) is 0 Å². The van der Waals surface area contributed by atoms with Gasteiger partial charge >= 0.3 is 0 Å². The van der Waals surface area contributed by atoms with Crippen LogP contribution in [0.5, 0.6) is 0 Å². The molecule has 0 amide bonds. The molecule has 1 fully saturated rings. The van der Waals surface area contributed by atoms with Crippen molar-refractivity contribution in [3.8, 4) is 0 Å². The van der Waals surface area contributed by atoms with Crippen molar-refractivity contribution >= 4 is 23.4 Å². The first-order valence-electron chi connectivity index (χ1n) is 6.01. The highest BCUT2D eigenvalue weighted by atomic mass is 32.2. The van der Waals surface area contributed by atoms with Gasteiger partial charge in [-0.2, -0.15) is 11.8 Å². The van der Waals surface area contributed by atoms with E-state index in [1.807, 2.05) is 25.7 Å². The second kappa shape index (κ2) is 5.12. The van der Waals surface area contributed by atoms with Gasteiger partial charge in [-0.1, -0.05) is 6.92 Å². The summed E-state index contributed by atoms with van der Waals surface area (Å²) in [4.78, 5) is 11.4. The summed E-state index contributed by atoms with van der Waals surface area (Å²) in [6.07, 6.45) is 0. The standard InChI is InChI=1S/C12H20N4S/c1-8-7-16(5-6-17-8)12-9(2)11(13-4)14-10(3)15-12/h8H,5-7H2,1-4H3,(H,13,14,15). The minimum atomic E-state index is 0.677. The molecule has 1 aliphatic rings. The van der Waals surface area contributed by atoms with Gasteiger partial charge in [-0.25, -0.2) is 9.97 Å². The second-order valence-corrected chi connectivity index (χ2v) is 5.99. The topological polar surface area (TPSA) is 41.1 Å². The molecule has 0 bridgehead atoms. The Bertz CT molecular complexity index is 408. The molecule has 2 heterocycles. The quantitative estimate of drug-likeness (QED) is 0.872. The van der Waals surface area contributed by atoms with Gasteiger partial charge in [0.25, 0.3) is 0 Å². The van der Waals surface area contributed by atoms with Crippen LogP contribution < -0.4 is 10.2 Å². The van der Waals surface area contributed by atoms with Gasteiger partial charge in [0.15, 0.2) is 0 Å². The van der Waals surface area contributed by atoms with Crippen LogP contribution in [0.15, 0.2) is 0 Å². The normalized spacial score (nSPS) is 20.5. The third-order valence-corrected chi connectivity index (χ3v) is 4.15. The van der Waals surface area contributed by atoms with Gasteiger partial charge < -0.3 is 10.2 Å². The average Bonchev–Trinajstić information content (AvgIpc) is 2.31. The lowest BCUT2D eigenvalue weighted by Crippen LogP contribution is -2.37. The number of anilines is 2. The van der Waals surface area contributed by atoms with E-state index in [-0.39, 0.29) is 0 Å². The van der Waals surface area contributed by atoms with Gasteiger partial charge in [-0.15, -0.1) is 0 Å². The van der Waals surface area contributed by atoms with Gasteiger partial charge in [0.1, 0.15) is 17.5 Å². The van der Waals surface area contributed by atoms with Crippen LogP contribution in [-0.2, 0) is 0 Å². The van der Waals surface area contributed by atoms with E-state index < -0.39 is 0 Å². The predicted octanol–water partition coefficient (Wildman–Crippen LogP) is 2.08. The van der Waals surface area contributed by atoms with Gasteiger partial charge in [0, 0.05) is 36.7 Å². The van der Waals surface area contributed by atoms with Crippen molar-refractivity contribution in [3.63, 3.8) is 0 Å². The highest BCUT2D eigenvalue weighted by Gasteiger charge is 2.21. The number of rotatable bonds is 2. The molecule has 1 saturated heterocycles. The molecule has 1 aliphatic heterocycles. The molecule has 0 radical (unpaired) electrons. The maximum Gasteiger partial charge on any atom is 0.137 e. The molecular formula is C12H20N4S. The molecule has 1 aromatic heterocycles. The van der Waals surface area contributed by atoms with E-state index in [1.165, 1.54) is 5.75 Å². The Hall–Kier alpha value is -0.970. The van der Waals surface area contributed by atoms with E-state index >= 15 is 0 Å². The third kappa shape index (κ3) is 2.65. The van der Waals surface area contributed by atoms with Crippen LogP contribution in [0.1, 0.15) is 18.3 Å². The smallest absolute Gasteiger partial charge is 0.137 e. The first kappa shape index (κ1) is 12.5. The fraction of sp³-hybridized carbons (Fsp3) is 0.667. The molecule has 1 N–H and O–H groups in total. The van der Waals surface area contributed by atoms with E-state index in [2.05, 4.69) is 34.0 Å². The lowest BCUT2D eigenvalue weighted by Gasteiger charge is -2.32. The van der Waals surface area contributed by atoms with Crippen molar-refractivity contribution in [2.75, 3.05) is 36.1 Å². The molecule has 0 saturated carbocycles. The van der Waals surface area contributed by atoms with Crippen molar-refractivity contribution in [1.82, 2.24) is 9.97 Å². The fourth-order valence-corrected chi connectivity index (χ4v) is 3.19. The van der Waals surface area contributed by atoms with Crippen LogP contribution >= 0.6 is 11.8 Å². The molecule has 1 unspecified atom stereocenters. The molecule has 4 nitrogen and oxygen atoms in total. The maximum atomic E-state index is 4.61. The summed E-state index contributed by atoms with van der Waals surface area (Å²) in [5, 5.41) is 3.82. The lowest BCUT2D eigenvalue weighted by molar-refractivity contribution is 0.761. The van der Waals surface area contributed by atoms with Gasteiger partial charge in [0.05, 0.1) is 0 Å². The fourth-order valence-electron chi connectivity index (χ4n) is 2.18. The van der Waals surface area contributed by atoms with E-state index in [9.17, 15) is 0 Å². The molecule has 94 valence electrons. The minimum absolute atomic E-state index is 0.677. The summed E-state index contributed by atoms with van der Waals surface area (Å²) < 4.78 is 0. The molecule has 5 heteroatoms. The summed E-state index contributed by atoms with van der Waals surface area (Å²) >= 11 is 2.04. The maximum absolute atomic E-state index is 4.61. The molecule has 0 aliphatic carbocycles. The summed E-state index contributed by atoms with van der Waals surface area (Å²) in [5.41, 5.74) is 1.15. The van der Waals surface area contributed by atoms with Crippen LogP contribution in [0, 0.1) is 13.8 Å². The predicted molar refractivity (Wildman–Crippen MR) is 75.2 cm³/mol. The van der Waals surface area contributed by atoms with Gasteiger partial charge in [0.2, 0.25) is 0 Å². The molecule has 2 rings (SSSR count). The molecule has 0 aromatic carbocycles. The molecule has 0 spiro atoms. The second-order valence-electron chi connectivity index (χ2n) is 4.45. The summed E-state index contributed by atoms with van der Waals surface area (Å²) in [6.45, 7) is 8.47. The van der Waals surface area contributed by atoms with Crippen molar-refractivity contribution in [2.45, 2.75) is 26.0 Å². The summed E-state index contributed by atoms with van der Waals surface area (Å²) in [6, 6.07) is 0. The first-order chi connectivity index (χ1) is 8.11. The highest BCUT2D eigenvalue weighted by molar-refractivity contribution is 8.00. The number of nitrogens with zero attached hydrogens (tertiary/aromatic N) is 3. The monoisotopic (exact) mass is 252 g/mol. The van der Waals surface area contributed by atoms with Crippen molar-refractivity contribution < 1.29 is 0 Å². The third-order valence-electron chi connectivity index (χ3n) is 3.01. The highest BCUT2D eigenvalue weighted by Crippen LogP contribution is 2.27. The van der Waals surface area contributed by atoms with Gasteiger partial charge in [-0.05, 0) is 13.8 Å². The van der Waals surface area contributed by atoms with E-state index in [0.29, 0.717) is 5.25 Å². The number of nitrogens with one attached hydrogen (secondary N) is 1. The Kier molecular flexibility index (Phi) is 3.76. The minimum Gasteiger partial charge on any atom is -0.373 e. The Morgan fingerprint density at radius 3 is 2.76 bits per heavy atom. The number of aromatic nitrogens is 2. The largest absolute Gasteiger partial charge is 0.373 e. The zero-order chi connectivity index (χ0) is 12.4. The number of hydrogen-bond donors (Lipinski definition) is 1. The molecule has 1 atom stereocenters. The van der Waals surface area contributed by atoms with Crippen molar-refractivity contribution in [1.29, 1.82) is 0 Å². The Morgan fingerprint density at radius 1 is 1.35 bits per heavy atom. The average molecular weight is 252 g/mol. The zero-order valence-corrected chi connectivity index (χ0v) is 11.8. The van der Waals surface area contributed by atoms with E-state index in [0.717, 1.165) is 36.1 Å². The van der Waals surface area contributed by atoms with Crippen LogP contribution in [0.25, 0.3) is 0 Å². The molecule has 1 aromatic rings. The van der Waals surface area contributed by atoms with Crippen LogP contribution in [-0.4, -0.2) is 41.1 Å². The van der Waals surface area contributed by atoms with Crippen LogP contribution in [0.3, 0.4) is 0 Å². The van der Waals surface area contributed by atoms with E-state index in [1.54, 1.807) is 0 Å². The van der Waals surface area contributed by atoms with Crippen LogP contribution in [0.2, 0.25) is 0 Å². The zero-order valence-electron chi connectivity index (χ0n) is 10.9. The first-order valence-corrected chi connectivity index (χ1v) is 7.06. The Labute approximate surface area is 107 Å². The van der Waals surface area contributed by atoms with Crippen LogP contribution in [0.4, 0.5) is 11.6 Å². The van der Waals surface area contributed by atoms with Gasteiger partial charge in [-0.3, -0.25) is 0 Å². The summed E-state index contributed by atoms with van der Waals surface area (Å²) in [7, 11) is 1.91. The molecule has 17 heavy (non-hydrogen) atoms. The summed E-state index contributed by atoms with van der Waals surface area (Å²) in [5.74, 6) is 4.05. The van der Waals surface area contributed by atoms with Crippen molar-refractivity contribution in [2.24, 2.45) is 0 Å². The lowest BCUT2D eigenvalue weighted by atomic mass is 10.2. The Morgan fingerprint density at radius 2 is 2.12 bits per heavy atom.